The highest BCUT2D eigenvalue weighted by atomic mass is 16.6. The van der Waals surface area contributed by atoms with E-state index in [1.807, 2.05) is 6.92 Å². The highest BCUT2D eigenvalue weighted by Crippen LogP contribution is 2.30. The Morgan fingerprint density at radius 1 is 0.864 bits per heavy atom. The number of alkyl carbamates (subject to hydrolysis) is 1. The van der Waals surface area contributed by atoms with Crippen LogP contribution in [-0.4, -0.2) is 199 Å². The Balaban J connectivity index is 2.51. The van der Waals surface area contributed by atoms with Crippen molar-refractivity contribution in [3.63, 3.8) is 0 Å². The number of aliphatic hydroxyl groups excluding tert-OH is 2. The van der Waals surface area contributed by atoms with Crippen LogP contribution in [0, 0.1) is 18.3 Å². The number of nitrogens with zero attached hydrogens (tertiary/aromatic N) is 2. The summed E-state index contributed by atoms with van der Waals surface area (Å²) in [6, 6.07) is -0.900. The fraction of sp³-hybridized carbons (Fsp3) is 0.722. The minimum absolute atomic E-state index is 0.00699. The summed E-state index contributed by atoms with van der Waals surface area (Å²) in [5.74, 6) is -2.19. The molecular formula is C36H61N7O16. The van der Waals surface area contributed by atoms with Gasteiger partial charge in [0, 0.05) is 32.2 Å². The second-order valence-electron chi connectivity index (χ2n) is 12.5. The summed E-state index contributed by atoms with van der Waals surface area (Å²) in [5.41, 5.74) is 10.9. The Morgan fingerprint density at radius 3 is 1.92 bits per heavy atom. The van der Waals surface area contributed by atoms with Crippen LogP contribution >= 0.6 is 0 Å². The van der Waals surface area contributed by atoms with Gasteiger partial charge in [0.2, 0.25) is 23.5 Å². The highest BCUT2D eigenvalue weighted by Gasteiger charge is 2.43. The molecule has 23 heteroatoms. The maximum absolute atomic E-state index is 13.0. The number of nitrogens with one attached hydrogen (secondary N) is 3. The van der Waals surface area contributed by atoms with E-state index in [-0.39, 0.29) is 84.8 Å². The average molecular weight is 848 g/mol. The molecule has 0 radical (unpaired) electrons. The minimum atomic E-state index is -1.66. The number of hydrogen-bond acceptors (Lipinski definition) is 16. The molecule has 0 aromatic carbocycles. The van der Waals surface area contributed by atoms with E-state index in [2.05, 4.69) is 26.9 Å². The van der Waals surface area contributed by atoms with E-state index < -0.39 is 79.0 Å². The van der Waals surface area contributed by atoms with Gasteiger partial charge in [0.1, 0.15) is 31.9 Å². The number of nitrogens with two attached hydrogens (primary N) is 2. The topological polar surface area (TPSA) is 324 Å². The van der Waals surface area contributed by atoms with Crippen molar-refractivity contribution in [3.05, 3.63) is 11.8 Å². The smallest absolute Gasteiger partial charge is 0.407 e. The third-order valence-corrected chi connectivity index (χ3v) is 7.92. The van der Waals surface area contributed by atoms with Crippen molar-refractivity contribution in [2.45, 2.75) is 44.6 Å². The summed E-state index contributed by atoms with van der Waals surface area (Å²) in [4.78, 5) is 67.5. The molecule has 336 valence electrons. The van der Waals surface area contributed by atoms with Gasteiger partial charge in [-0.2, -0.15) is 0 Å². The van der Waals surface area contributed by atoms with Crippen LogP contribution in [0.3, 0.4) is 0 Å². The number of aliphatic imine (C=N–C) groups is 1. The fourth-order valence-corrected chi connectivity index (χ4v) is 5.04. The first-order valence-corrected chi connectivity index (χ1v) is 19.0. The van der Waals surface area contributed by atoms with Gasteiger partial charge in [-0.3, -0.25) is 14.4 Å². The molecule has 0 saturated heterocycles. The van der Waals surface area contributed by atoms with E-state index in [1.165, 1.54) is 6.08 Å². The van der Waals surface area contributed by atoms with Crippen molar-refractivity contribution in [2.75, 3.05) is 119 Å². The zero-order chi connectivity index (χ0) is 43.8. The highest BCUT2D eigenvalue weighted by molar-refractivity contribution is 5.89. The predicted molar refractivity (Wildman–Crippen MR) is 207 cm³/mol. The molecule has 23 nitrogen and oxygen atoms in total. The maximum Gasteiger partial charge on any atom is 0.407 e. The second kappa shape index (κ2) is 32.1. The van der Waals surface area contributed by atoms with E-state index in [4.69, 9.17) is 55.8 Å². The Bertz CT molecular complexity index is 1360. The zero-order valence-electron chi connectivity index (χ0n) is 33.7. The summed E-state index contributed by atoms with van der Waals surface area (Å²) < 4.78 is 42.8. The monoisotopic (exact) mass is 847 g/mol. The molecule has 5 atom stereocenters. The molecule has 10 N–H and O–H groups in total. The summed E-state index contributed by atoms with van der Waals surface area (Å²) in [6.45, 7) is 4.87. The Labute approximate surface area is 343 Å². The summed E-state index contributed by atoms with van der Waals surface area (Å²) in [6.07, 6.45) is 0.684. The molecule has 4 amide bonds. The Hall–Kier alpha value is -4.80. The lowest BCUT2D eigenvalue weighted by molar-refractivity contribution is -0.147. The molecule has 0 unspecified atom stereocenters. The van der Waals surface area contributed by atoms with E-state index in [0.29, 0.717) is 33.0 Å². The standard InChI is InChI=1S/C36H61N7O16/c1-4-10-53-15-17-56-19-20-57-18-16-54-11-6-31(48)43(22-29(46)39-7-12-52-5-2)23-30(47)40-8-13-55-14-9-41-36(51)59-33(27(45)24-44)32-25(3)26(42-35(37)38)21-28(58-32)34(49)50/h1,21,25-27,32-33,44-45H,5-20,22-24H2,2-3H3,(H,39,46)(H,40,47)(H,41,51)(H,49,50)(H4,37,38,42)/t25-,26+,27-,32-,33-/m1/s1. The van der Waals surface area contributed by atoms with Crippen LogP contribution in [-0.2, 0) is 57.1 Å². The third-order valence-electron chi connectivity index (χ3n) is 7.92. The molecule has 1 rings (SSSR count). The van der Waals surface area contributed by atoms with Gasteiger partial charge in [-0.15, -0.1) is 6.42 Å². The van der Waals surface area contributed by atoms with Gasteiger partial charge in [0.05, 0.1) is 85.1 Å². The lowest BCUT2D eigenvalue weighted by Gasteiger charge is -2.38. The van der Waals surface area contributed by atoms with Crippen LogP contribution in [0.25, 0.3) is 0 Å². The minimum Gasteiger partial charge on any atom is -0.479 e. The van der Waals surface area contributed by atoms with E-state index >= 15 is 0 Å². The molecule has 59 heavy (non-hydrogen) atoms. The summed E-state index contributed by atoms with van der Waals surface area (Å²) in [7, 11) is 0. The van der Waals surface area contributed by atoms with E-state index in [1.54, 1.807) is 6.92 Å². The SMILES string of the molecule is C#CCOCCOCCOCCOCCC(=O)N(CC(=O)NCCOCC)CC(=O)NCCOCCNC(=O)O[C@@H]([C@@H]1OC(C(=O)O)=C[C@H](N=C(N)N)[C@H]1C)[C@H](O)CO. The van der Waals surface area contributed by atoms with Crippen LogP contribution in [0.2, 0.25) is 0 Å². The molecule has 0 aromatic rings. The summed E-state index contributed by atoms with van der Waals surface area (Å²) in [5, 5.41) is 37.2. The predicted octanol–water partition coefficient (Wildman–Crippen LogP) is -3.72. The number of aliphatic carboxylic acids is 1. The van der Waals surface area contributed by atoms with Gasteiger partial charge in [-0.05, 0) is 13.0 Å². The normalized spacial score (nSPS) is 16.9. The number of amides is 4. The van der Waals surface area contributed by atoms with Crippen molar-refractivity contribution in [2.24, 2.45) is 22.4 Å². The van der Waals surface area contributed by atoms with Gasteiger partial charge >= 0.3 is 12.1 Å². The number of hydrogen-bond donors (Lipinski definition) is 8. The van der Waals surface area contributed by atoms with Gasteiger partial charge in [0.25, 0.3) is 0 Å². The molecule has 0 aliphatic carbocycles. The maximum atomic E-state index is 13.0. The largest absolute Gasteiger partial charge is 0.479 e. The van der Waals surface area contributed by atoms with Crippen LogP contribution in [0.1, 0.15) is 20.3 Å². The second-order valence-corrected chi connectivity index (χ2v) is 12.5. The number of aliphatic hydroxyl groups is 2. The van der Waals surface area contributed by atoms with Crippen molar-refractivity contribution in [3.8, 4) is 12.3 Å². The molecule has 0 fully saturated rings. The third kappa shape index (κ3) is 24.0. The number of carbonyl (C=O) groups is 5. The van der Waals surface area contributed by atoms with E-state index in [0.717, 1.165) is 4.90 Å². The molecule has 0 spiro atoms. The number of guanidine groups is 1. The van der Waals surface area contributed by atoms with Gasteiger partial charge in [-0.25, -0.2) is 14.6 Å². The van der Waals surface area contributed by atoms with Crippen molar-refractivity contribution in [1.82, 2.24) is 20.9 Å². The molecule has 0 saturated carbocycles. The average Bonchev–Trinajstić information content (AvgIpc) is 3.19. The van der Waals surface area contributed by atoms with Crippen LogP contribution in [0.5, 0.6) is 0 Å². The Kier molecular flexibility index (Phi) is 28.4. The molecule has 1 aliphatic rings. The first-order valence-electron chi connectivity index (χ1n) is 19.0. The summed E-state index contributed by atoms with van der Waals surface area (Å²) >= 11 is 0. The quantitative estimate of drug-likeness (QED) is 0.0136. The first-order chi connectivity index (χ1) is 28.3. The number of carbonyl (C=O) groups excluding carboxylic acids is 4. The number of terminal acetylenes is 1. The van der Waals surface area contributed by atoms with Gasteiger partial charge < -0.3 is 85.5 Å². The zero-order valence-corrected chi connectivity index (χ0v) is 33.7. The molecule has 0 aromatic heterocycles. The molecule has 0 bridgehead atoms. The van der Waals surface area contributed by atoms with E-state index in [9.17, 15) is 39.3 Å². The van der Waals surface area contributed by atoms with Crippen molar-refractivity contribution < 1.29 is 77.2 Å². The van der Waals surface area contributed by atoms with Crippen LogP contribution in [0.4, 0.5) is 4.79 Å². The molecule has 1 heterocycles. The van der Waals surface area contributed by atoms with Crippen LogP contribution in [0.15, 0.2) is 16.8 Å². The van der Waals surface area contributed by atoms with Crippen molar-refractivity contribution >= 4 is 35.7 Å². The fourth-order valence-electron chi connectivity index (χ4n) is 5.04. The number of carboxylic acids is 1. The van der Waals surface area contributed by atoms with Crippen molar-refractivity contribution in [1.29, 1.82) is 0 Å². The lowest BCUT2D eigenvalue weighted by atomic mass is 9.87. The number of carboxylic acid groups (broad SMARTS) is 1. The number of rotatable bonds is 33. The van der Waals surface area contributed by atoms with Gasteiger partial charge in [0.15, 0.2) is 12.1 Å². The van der Waals surface area contributed by atoms with Gasteiger partial charge in [-0.1, -0.05) is 12.8 Å². The Morgan fingerprint density at radius 2 is 1.39 bits per heavy atom. The molecular weight excluding hydrogens is 786 g/mol. The number of ether oxygens (including phenoxy) is 8. The van der Waals surface area contributed by atoms with Crippen LogP contribution < -0.4 is 27.4 Å². The lowest BCUT2D eigenvalue weighted by Crippen LogP contribution is -2.52. The first kappa shape index (κ1) is 52.2. The molecule has 1 aliphatic heterocycles.